The lowest BCUT2D eigenvalue weighted by molar-refractivity contribution is -0.122. The summed E-state index contributed by atoms with van der Waals surface area (Å²) in [7, 11) is -4.21. The van der Waals surface area contributed by atoms with Crippen molar-refractivity contribution in [2.24, 2.45) is 0 Å². The number of carbonyl (C=O) groups excluding carboxylic acids is 2. The van der Waals surface area contributed by atoms with Crippen LogP contribution >= 0.6 is 11.6 Å². The van der Waals surface area contributed by atoms with Crippen LogP contribution < -0.4 is 19.1 Å². The number of ether oxygens (including phenoxy) is 3. The van der Waals surface area contributed by atoms with Crippen LogP contribution in [0.3, 0.4) is 0 Å². The molecule has 1 saturated heterocycles. The van der Waals surface area contributed by atoms with E-state index >= 15 is 0 Å². The van der Waals surface area contributed by atoms with Crippen LogP contribution in [0.4, 0.5) is 5.69 Å². The molecule has 0 aromatic heterocycles. The van der Waals surface area contributed by atoms with Crippen molar-refractivity contribution >= 4 is 39.1 Å². The van der Waals surface area contributed by atoms with E-state index in [0.717, 1.165) is 9.21 Å². The molecule has 0 aliphatic carbocycles. The fourth-order valence-electron chi connectivity index (χ4n) is 4.29. The minimum atomic E-state index is -4.21. The number of sulfonamides is 1. The lowest BCUT2D eigenvalue weighted by atomic mass is 10.1. The second-order valence-corrected chi connectivity index (χ2v) is 10.7. The van der Waals surface area contributed by atoms with Gasteiger partial charge in [0.1, 0.15) is 11.8 Å². The van der Waals surface area contributed by atoms with E-state index in [1.54, 1.807) is 42.5 Å². The highest BCUT2D eigenvalue weighted by Gasteiger charge is 2.47. The first-order valence-corrected chi connectivity index (χ1v) is 13.4. The third-order valence-corrected chi connectivity index (χ3v) is 8.19. The number of carbonyl (C=O) groups is 2. The summed E-state index contributed by atoms with van der Waals surface area (Å²) in [5.41, 5.74) is 0.912. The van der Waals surface area contributed by atoms with E-state index in [9.17, 15) is 18.0 Å². The van der Waals surface area contributed by atoms with Gasteiger partial charge in [-0.25, -0.2) is 13.3 Å². The molecule has 11 heteroatoms. The Kier molecular flexibility index (Phi) is 6.80. The Labute approximate surface area is 219 Å². The summed E-state index contributed by atoms with van der Waals surface area (Å²) in [6.07, 6.45) is -0.302. The minimum Gasteiger partial charge on any atom is -0.494 e. The number of hydrogen-bond donors (Lipinski definition) is 0. The first kappa shape index (κ1) is 25.1. The Morgan fingerprint density at radius 2 is 1.70 bits per heavy atom. The number of halogens is 1. The second-order valence-electron chi connectivity index (χ2n) is 8.41. The molecule has 9 nitrogen and oxygen atoms in total. The highest BCUT2D eigenvalue weighted by molar-refractivity contribution is 7.89. The number of anilines is 1. The molecule has 0 spiro atoms. The van der Waals surface area contributed by atoms with E-state index in [1.807, 2.05) is 6.92 Å². The number of fused-ring (bicyclic) bond motifs is 1. The predicted molar refractivity (Wildman–Crippen MR) is 135 cm³/mol. The number of hydrogen-bond acceptors (Lipinski definition) is 7. The van der Waals surface area contributed by atoms with Gasteiger partial charge in [0.25, 0.3) is 5.91 Å². The zero-order chi connectivity index (χ0) is 26.2. The lowest BCUT2D eigenvalue weighted by Gasteiger charge is -2.27. The van der Waals surface area contributed by atoms with Crippen LogP contribution in [0.2, 0.25) is 5.02 Å². The van der Waals surface area contributed by atoms with Crippen molar-refractivity contribution < 1.29 is 32.2 Å². The Morgan fingerprint density at radius 1 is 1.00 bits per heavy atom. The summed E-state index contributed by atoms with van der Waals surface area (Å²) >= 11 is 5.96. The average Bonchev–Trinajstić information content (AvgIpc) is 3.46. The summed E-state index contributed by atoms with van der Waals surface area (Å²) < 4.78 is 44.9. The molecule has 1 unspecified atom stereocenters. The van der Waals surface area contributed by atoms with Crippen LogP contribution in [0.5, 0.6) is 17.2 Å². The molecule has 192 valence electrons. The van der Waals surface area contributed by atoms with E-state index in [0.29, 0.717) is 40.1 Å². The van der Waals surface area contributed by atoms with E-state index in [-0.39, 0.29) is 24.7 Å². The van der Waals surface area contributed by atoms with Crippen molar-refractivity contribution in [3.8, 4) is 17.2 Å². The van der Waals surface area contributed by atoms with Crippen molar-refractivity contribution in [2.75, 3.05) is 18.3 Å². The van der Waals surface area contributed by atoms with Gasteiger partial charge in [0.05, 0.1) is 23.6 Å². The molecule has 37 heavy (non-hydrogen) atoms. The Morgan fingerprint density at radius 3 is 2.41 bits per heavy atom. The van der Waals surface area contributed by atoms with Crippen molar-refractivity contribution in [1.82, 2.24) is 4.31 Å². The third kappa shape index (κ3) is 4.87. The van der Waals surface area contributed by atoms with Gasteiger partial charge in [-0.3, -0.25) is 9.59 Å². The number of amides is 2. The molecule has 0 bridgehead atoms. The van der Waals surface area contributed by atoms with Crippen LogP contribution in [0.1, 0.15) is 18.9 Å². The first-order valence-electron chi connectivity index (χ1n) is 11.5. The van der Waals surface area contributed by atoms with Crippen molar-refractivity contribution in [3.05, 3.63) is 77.3 Å². The molecule has 0 radical (unpaired) electrons. The number of nitrogens with zero attached hydrogens (tertiary/aromatic N) is 2. The smallest absolute Gasteiger partial charge is 0.252 e. The summed E-state index contributed by atoms with van der Waals surface area (Å²) in [6, 6.07) is 16.0. The van der Waals surface area contributed by atoms with Crippen LogP contribution in [0, 0.1) is 0 Å². The molecule has 2 aliphatic rings. The van der Waals surface area contributed by atoms with Gasteiger partial charge in [-0.15, -0.1) is 0 Å². The second kappa shape index (κ2) is 10.0. The Hall–Kier alpha value is -3.60. The SMILES string of the molecule is CCOc1ccc(N2C(=O)CC(N(Cc3ccc4c(c3)OCO4)S(=O)(=O)c3ccc(Cl)cc3)C2=O)cc1. The van der Waals surface area contributed by atoms with E-state index < -0.39 is 27.9 Å². The highest BCUT2D eigenvalue weighted by atomic mass is 35.5. The summed E-state index contributed by atoms with van der Waals surface area (Å²) in [5.74, 6) is 0.487. The van der Waals surface area contributed by atoms with Crippen LogP contribution in [0.15, 0.2) is 71.6 Å². The van der Waals surface area contributed by atoms with Crippen molar-refractivity contribution in [1.29, 1.82) is 0 Å². The molecular formula is C26H23ClN2O7S. The van der Waals surface area contributed by atoms with Gasteiger partial charge in [0, 0.05) is 11.6 Å². The Bertz CT molecular complexity index is 1440. The standard InChI is InChI=1S/C26H23ClN2O7S/c1-2-34-20-8-6-19(7-9-20)29-25(30)14-22(26(29)31)28(37(32,33)21-10-4-18(27)5-11-21)15-17-3-12-23-24(13-17)36-16-35-23/h3-13,22H,2,14-16H2,1H3. The molecule has 1 atom stereocenters. The Balaban J connectivity index is 1.51. The number of benzene rings is 3. The maximum atomic E-state index is 13.8. The molecule has 3 aromatic rings. The fraction of sp³-hybridized carbons (Fsp3) is 0.231. The summed E-state index contributed by atoms with van der Waals surface area (Å²) in [6.45, 7) is 2.23. The van der Waals surface area contributed by atoms with Gasteiger partial charge in [0.15, 0.2) is 11.5 Å². The van der Waals surface area contributed by atoms with Crippen LogP contribution in [-0.4, -0.2) is 44.0 Å². The molecule has 1 fully saturated rings. The lowest BCUT2D eigenvalue weighted by Crippen LogP contribution is -2.45. The first-order chi connectivity index (χ1) is 17.8. The van der Waals surface area contributed by atoms with E-state index in [2.05, 4.69) is 0 Å². The number of rotatable bonds is 8. The van der Waals surface area contributed by atoms with Gasteiger partial charge in [-0.05, 0) is 73.2 Å². The fourth-order valence-corrected chi connectivity index (χ4v) is 5.99. The van der Waals surface area contributed by atoms with Gasteiger partial charge >= 0.3 is 0 Å². The predicted octanol–water partition coefficient (Wildman–Crippen LogP) is 3.99. The van der Waals surface area contributed by atoms with E-state index in [4.69, 9.17) is 25.8 Å². The molecule has 2 heterocycles. The molecule has 0 N–H and O–H groups in total. The van der Waals surface area contributed by atoms with Crippen molar-refractivity contribution in [2.45, 2.75) is 30.8 Å². The topological polar surface area (TPSA) is 102 Å². The summed E-state index contributed by atoms with van der Waals surface area (Å²) in [4.78, 5) is 27.6. The molecule has 0 saturated carbocycles. The molecule has 3 aromatic carbocycles. The van der Waals surface area contributed by atoms with Gasteiger partial charge in [-0.2, -0.15) is 4.31 Å². The highest BCUT2D eigenvalue weighted by Crippen LogP contribution is 2.35. The minimum absolute atomic E-state index is 0.0441. The average molecular weight is 543 g/mol. The zero-order valence-corrected chi connectivity index (χ0v) is 21.4. The molecule has 5 rings (SSSR count). The molecular weight excluding hydrogens is 520 g/mol. The van der Waals surface area contributed by atoms with Crippen LogP contribution in [0.25, 0.3) is 0 Å². The van der Waals surface area contributed by atoms with Crippen LogP contribution in [-0.2, 0) is 26.2 Å². The summed E-state index contributed by atoms with van der Waals surface area (Å²) in [5, 5.41) is 0.370. The van der Waals surface area contributed by atoms with E-state index in [1.165, 1.54) is 24.3 Å². The number of imide groups is 1. The van der Waals surface area contributed by atoms with Crippen molar-refractivity contribution in [3.63, 3.8) is 0 Å². The maximum Gasteiger partial charge on any atom is 0.252 e. The molecule has 2 aliphatic heterocycles. The normalized spacial score (nSPS) is 17.1. The van der Waals surface area contributed by atoms with Gasteiger partial charge in [-0.1, -0.05) is 17.7 Å². The van der Waals surface area contributed by atoms with Gasteiger partial charge in [0.2, 0.25) is 22.7 Å². The maximum absolute atomic E-state index is 13.8. The van der Waals surface area contributed by atoms with Gasteiger partial charge < -0.3 is 14.2 Å². The quantitative estimate of drug-likeness (QED) is 0.396. The monoisotopic (exact) mass is 542 g/mol. The zero-order valence-electron chi connectivity index (χ0n) is 19.8. The largest absolute Gasteiger partial charge is 0.494 e. The third-order valence-electron chi connectivity index (χ3n) is 6.07. The molecule has 2 amide bonds.